The molecule has 0 aromatic carbocycles. The molecule has 1 aliphatic rings. The van der Waals surface area contributed by atoms with Gasteiger partial charge in [-0.1, -0.05) is 11.2 Å². The van der Waals surface area contributed by atoms with Gasteiger partial charge in [0.2, 0.25) is 0 Å². The van der Waals surface area contributed by atoms with Crippen LogP contribution in [0.1, 0.15) is 18.2 Å². The second-order valence-corrected chi connectivity index (χ2v) is 5.98. The summed E-state index contributed by atoms with van der Waals surface area (Å²) in [5, 5.41) is 10.6. The topological polar surface area (TPSA) is 66.0 Å². The summed E-state index contributed by atoms with van der Waals surface area (Å²) in [5.74, 6) is 1.42. The molecule has 21 heavy (non-hydrogen) atoms. The first-order chi connectivity index (χ1) is 10.3. The Kier molecular flexibility index (Phi) is 3.08. The molecular weight excluding hydrogens is 288 g/mol. The number of hydrogen-bond donors (Lipinski definition) is 0. The van der Waals surface area contributed by atoms with Crippen molar-refractivity contribution in [1.29, 1.82) is 0 Å². The van der Waals surface area contributed by atoms with Crippen LogP contribution in [0, 0.1) is 0 Å². The number of nitrogens with zero attached hydrogens (tertiary/aromatic N) is 4. The van der Waals surface area contributed by atoms with Gasteiger partial charge in [-0.15, -0.1) is 11.3 Å². The smallest absolute Gasteiger partial charge is 0.278 e. The van der Waals surface area contributed by atoms with Crippen molar-refractivity contribution in [1.82, 2.24) is 19.9 Å². The lowest BCUT2D eigenvalue weighted by Gasteiger charge is -1.97. The minimum Gasteiger partial charge on any atom is -0.381 e. The summed E-state index contributed by atoms with van der Waals surface area (Å²) in [6, 6.07) is 6.08. The molecule has 1 aliphatic heterocycles. The molecule has 0 aliphatic carbocycles. The van der Waals surface area contributed by atoms with Crippen molar-refractivity contribution < 1.29 is 9.26 Å². The second-order valence-electron chi connectivity index (χ2n) is 5.03. The molecule has 0 bridgehead atoms. The van der Waals surface area contributed by atoms with Crippen molar-refractivity contribution in [3.63, 3.8) is 0 Å². The van der Waals surface area contributed by atoms with Gasteiger partial charge >= 0.3 is 0 Å². The average Bonchev–Trinajstić information content (AvgIpc) is 3.26. The molecule has 4 heterocycles. The highest BCUT2D eigenvalue weighted by Gasteiger charge is 2.24. The van der Waals surface area contributed by atoms with Crippen molar-refractivity contribution in [2.24, 2.45) is 7.05 Å². The van der Waals surface area contributed by atoms with E-state index in [-0.39, 0.29) is 5.92 Å². The molecule has 1 fully saturated rings. The fourth-order valence-corrected chi connectivity index (χ4v) is 3.24. The van der Waals surface area contributed by atoms with E-state index in [1.807, 2.05) is 29.2 Å². The summed E-state index contributed by atoms with van der Waals surface area (Å²) in [5.41, 5.74) is 1.75. The molecule has 3 aromatic rings. The fraction of sp³-hybridized carbons (Fsp3) is 0.357. The third kappa shape index (κ3) is 2.28. The van der Waals surface area contributed by atoms with E-state index < -0.39 is 0 Å². The highest BCUT2D eigenvalue weighted by Crippen LogP contribution is 2.29. The maximum atomic E-state index is 5.36. The van der Waals surface area contributed by atoms with Crippen molar-refractivity contribution in [3.05, 3.63) is 29.4 Å². The zero-order valence-electron chi connectivity index (χ0n) is 11.5. The van der Waals surface area contributed by atoms with E-state index in [1.54, 1.807) is 11.3 Å². The summed E-state index contributed by atoms with van der Waals surface area (Å²) in [6.07, 6.45) is 0.946. The van der Waals surface area contributed by atoms with E-state index in [0.29, 0.717) is 24.0 Å². The standard InChI is InChI=1S/C14H14N4O2S/c1-18-11(12-3-2-6-21-12)7-10(16-18)14-15-13(17-20-14)9-4-5-19-8-9/h2-3,6-7,9H,4-5,8H2,1H3. The van der Waals surface area contributed by atoms with Gasteiger partial charge < -0.3 is 9.26 Å². The number of aromatic nitrogens is 4. The van der Waals surface area contributed by atoms with Crippen LogP contribution in [-0.4, -0.2) is 33.1 Å². The predicted octanol–water partition coefficient (Wildman–Crippen LogP) is 2.70. The highest BCUT2D eigenvalue weighted by molar-refractivity contribution is 7.13. The van der Waals surface area contributed by atoms with Gasteiger partial charge in [-0.25, -0.2) is 0 Å². The summed E-state index contributed by atoms with van der Waals surface area (Å²) in [6.45, 7) is 1.43. The minimum absolute atomic E-state index is 0.239. The largest absolute Gasteiger partial charge is 0.381 e. The molecule has 0 radical (unpaired) electrons. The normalized spacial score (nSPS) is 18.4. The summed E-state index contributed by atoms with van der Waals surface area (Å²) in [7, 11) is 1.92. The molecule has 6 nitrogen and oxygen atoms in total. The van der Waals surface area contributed by atoms with Crippen LogP contribution in [0.3, 0.4) is 0 Å². The van der Waals surface area contributed by atoms with Gasteiger partial charge in [0, 0.05) is 19.6 Å². The van der Waals surface area contributed by atoms with Crippen LogP contribution in [0.5, 0.6) is 0 Å². The Morgan fingerprint density at radius 3 is 3.14 bits per heavy atom. The van der Waals surface area contributed by atoms with Crippen molar-refractivity contribution >= 4 is 11.3 Å². The van der Waals surface area contributed by atoms with Gasteiger partial charge in [-0.2, -0.15) is 10.1 Å². The van der Waals surface area contributed by atoms with Gasteiger partial charge in [0.15, 0.2) is 11.5 Å². The number of ether oxygens (including phenoxy) is 1. The van der Waals surface area contributed by atoms with Crippen LogP contribution in [0.2, 0.25) is 0 Å². The number of rotatable bonds is 3. The minimum atomic E-state index is 0.239. The first-order valence-corrected chi connectivity index (χ1v) is 7.69. The highest BCUT2D eigenvalue weighted by atomic mass is 32.1. The summed E-state index contributed by atoms with van der Waals surface area (Å²) < 4.78 is 12.6. The van der Waals surface area contributed by atoms with E-state index in [0.717, 1.165) is 18.7 Å². The van der Waals surface area contributed by atoms with Crippen molar-refractivity contribution in [2.45, 2.75) is 12.3 Å². The van der Waals surface area contributed by atoms with Crippen LogP contribution in [-0.2, 0) is 11.8 Å². The Labute approximate surface area is 125 Å². The molecule has 1 atom stereocenters. The molecule has 4 rings (SSSR count). The summed E-state index contributed by atoms with van der Waals surface area (Å²) in [4.78, 5) is 5.63. The SMILES string of the molecule is Cn1nc(-c2nc(C3CCOC3)no2)cc1-c1cccs1. The second kappa shape index (κ2) is 5.09. The third-order valence-corrected chi connectivity index (χ3v) is 4.50. The van der Waals surface area contributed by atoms with Crippen LogP contribution < -0.4 is 0 Å². The lowest BCUT2D eigenvalue weighted by atomic mass is 10.1. The van der Waals surface area contributed by atoms with Gasteiger partial charge in [0.1, 0.15) is 0 Å². The van der Waals surface area contributed by atoms with E-state index in [2.05, 4.69) is 21.3 Å². The Hall–Kier alpha value is -1.99. The van der Waals surface area contributed by atoms with Crippen molar-refractivity contribution in [2.75, 3.05) is 13.2 Å². The van der Waals surface area contributed by atoms with Gasteiger partial charge in [0.05, 0.1) is 17.2 Å². The van der Waals surface area contributed by atoms with Crippen LogP contribution in [0.4, 0.5) is 0 Å². The van der Waals surface area contributed by atoms with E-state index in [9.17, 15) is 0 Å². The Bertz CT molecular complexity index is 741. The maximum Gasteiger partial charge on any atom is 0.278 e. The monoisotopic (exact) mass is 302 g/mol. The Balaban J connectivity index is 1.66. The molecule has 0 spiro atoms. The molecule has 3 aromatic heterocycles. The number of aryl methyl sites for hydroxylation is 1. The zero-order chi connectivity index (χ0) is 14.2. The molecule has 1 unspecified atom stereocenters. The molecular formula is C14H14N4O2S. The molecule has 1 saturated heterocycles. The quantitative estimate of drug-likeness (QED) is 0.744. The van der Waals surface area contributed by atoms with Gasteiger partial charge in [-0.05, 0) is 23.9 Å². The molecule has 0 amide bonds. The number of thiophene rings is 1. The van der Waals surface area contributed by atoms with Crippen LogP contribution in [0.25, 0.3) is 22.2 Å². The first-order valence-electron chi connectivity index (χ1n) is 6.81. The van der Waals surface area contributed by atoms with Crippen LogP contribution >= 0.6 is 11.3 Å². The Morgan fingerprint density at radius 2 is 2.38 bits per heavy atom. The fourth-order valence-electron chi connectivity index (χ4n) is 2.47. The Morgan fingerprint density at radius 1 is 1.43 bits per heavy atom. The summed E-state index contributed by atoms with van der Waals surface area (Å²) >= 11 is 1.68. The van der Waals surface area contributed by atoms with E-state index in [1.165, 1.54) is 4.88 Å². The third-order valence-electron chi connectivity index (χ3n) is 3.61. The molecule has 7 heteroatoms. The molecule has 108 valence electrons. The molecule has 0 saturated carbocycles. The maximum absolute atomic E-state index is 5.36. The van der Waals surface area contributed by atoms with Crippen molar-refractivity contribution in [3.8, 4) is 22.2 Å². The lowest BCUT2D eigenvalue weighted by Crippen LogP contribution is -1.99. The average molecular weight is 302 g/mol. The van der Waals surface area contributed by atoms with Gasteiger partial charge in [0.25, 0.3) is 5.89 Å². The molecule has 0 N–H and O–H groups in total. The van der Waals surface area contributed by atoms with E-state index in [4.69, 9.17) is 9.26 Å². The predicted molar refractivity (Wildman–Crippen MR) is 78.0 cm³/mol. The van der Waals surface area contributed by atoms with Crippen LogP contribution in [0.15, 0.2) is 28.1 Å². The lowest BCUT2D eigenvalue weighted by molar-refractivity contribution is 0.192. The van der Waals surface area contributed by atoms with E-state index >= 15 is 0 Å². The zero-order valence-corrected chi connectivity index (χ0v) is 12.3. The first kappa shape index (κ1) is 12.7. The van der Waals surface area contributed by atoms with Gasteiger partial charge in [-0.3, -0.25) is 4.68 Å². The number of hydrogen-bond acceptors (Lipinski definition) is 6.